The van der Waals surface area contributed by atoms with E-state index in [4.69, 9.17) is 9.68 Å². The maximum atomic E-state index is 11.8. The van der Waals surface area contributed by atoms with Crippen molar-refractivity contribution < 1.29 is 9.21 Å². The molecule has 4 heteroatoms. The monoisotopic (exact) mass is 220 g/mol. The standard InChI is InChI=1S/C12H16N2O2/c1-3-9(5-7-13)14-12(15)10-6-8-16-11(10)4-2/h6,8-9H,3-5H2,1-2H3,(H,14,15). The molecule has 0 aliphatic rings. The summed E-state index contributed by atoms with van der Waals surface area (Å²) in [5.41, 5.74) is 0.568. The van der Waals surface area contributed by atoms with Crippen molar-refractivity contribution in [3.8, 4) is 6.07 Å². The molecule has 1 heterocycles. The second kappa shape index (κ2) is 5.96. The topological polar surface area (TPSA) is 66.0 Å². The molecule has 0 aliphatic heterocycles. The van der Waals surface area contributed by atoms with E-state index in [0.29, 0.717) is 24.2 Å². The molecule has 86 valence electrons. The Morgan fingerprint density at radius 2 is 2.38 bits per heavy atom. The van der Waals surface area contributed by atoms with Crippen LogP contribution in [0.3, 0.4) is 0 Å². The predicted octanol–water partition coefficient (Wildman–Crippen LogP) is 2.26. The summed E-state index contributed by atoms with van der Waals surface area (Å²) in [5, 5.41) is 11.4. The first kappa shape index (κ1) is 12.3. The summed E-state index contributed by atoms with van der Waals surface area (Å²) < 4.78 is 5.18. The van der Waals surface area contributed by atoms with E-state index in [1.807, 2.05) is 13.8 Å². The highest BCUT2D eigenvalue weighted by Crippen LogP contribution is 2.11. The van der Waals surface area contributed by atoms with E-state index < -0.39 is 0 Å². The van der Waals surface area contributed by atoms with Crippen LogP contribution in [-0.2, 0) is 6.42 Å². The number of nitrogens with zero attached hydrogens (tertiary/aromatic N) is 1. The number of nitriles is 1. The fourth-order valence-corrected chi connectivity index (χ4v) is 1.49. The second-order valence-corrected chi connectivity index (χ2v) is 3.55. The Balaban J connectivity index is 2.68. The highest BCUT2D eigenvalue weighted by atomic mass is 16.3. The number of amides is 1. The van der Waals surface area contributed by atoms with Gasteiger partial charge in [-0.25, -0.2) is 0 Å². The number of nitrogens with one attached hydrogen (secondary N) is 1. The van der Waals surface area contributed by atoms with Crippen molar-refractivity contribution in [2.45, 2.75) is 39.2 Å². The molecule has 0 bridgehead atoms. The van der Waals surface area contributed by atoms with Crippen LogP contribution in [0.2, 0.25) is 0 Å². The molecule has 4 nitrogen and oxygen atoms in total. The zero-order chi connectivity index (χ0) is 12.0. The van der Waals surface area contributed by atoms with Crippen LogP contribution in [0.1, 0.15) is 42.8 Å². The highest BCUT2D eigenvalue weighted by Gasteiger charge is 2.16. The van der Waals surface area contributed by atoms with Gasteiger partial charge in [0.1, 0.15) is 5.76 Å². The average molecular weight is 220 g/mol. The smallest absolute Gasteiger partial charge is 0.255 e. The summed E-state index contributed by atoms with van der Waals surface area (Å²) in [6, 6.07) is 3.63. The summed E-state index contributed by atoms with van der Waals surface area (Å²) in [5.74, 6) is 0.525. The molecule has 0 fully saturated rings. The molecular formula is C12H16N2O2. The first-order chi connectivity index (χ1) is 7.72. The van der Waals surface area contributed by atoms with Gasteiger partial charge in [-0.3, -0.25) is 4.79 Å². The van der Waals surface area contributed by atoms with E-state index in [0.717, 1.165) is 6.42 Å². The maximum absolute atomic E-state index is 11.8. The Hall–Kier alpha value is -1.76. The number of carbonyl (C=O) groups is 1. The van der Waals surface area contributed by atoms with Crippen molar-refractivity contribution in [2.75, 3.05) is 0 Å². The molecule has 16 heavy (non-hydrogen) atoms. The van der Waals surface area contributed by atoms with Crippen molar-refractivity contribution in [1.29, 1.82) is 5.26 Å². The van der Waals surface area contributed by atoms with Gasteiger partial charge in [0.05, 0.1) is 24.3 Å². The number of hydrogen-bond donors (Lipinski definition) is 1. The van der Waals surface area contributed by atoms with Gasteiger partial charge in [0.25, 0.3) is 5.91 Å². The minimum absolute atomic E-state index is 0.0860. The van der Waals surface area contributed by atoms with Gasteiger partial charge in [0, 0.05) is 12.5 Å². The molecule has 1 rings (SSSR count). The van der Waals surface area contributed by atoms with Crippen LogP contribution < -0.4 is 5.32 Å². The third kappa shape index (κ3) is 2.86. The molecule has 1 atom stereocenters. The Kier molecular flexibility index (Phi) is 4.59. The first-order valence-electron chi connectivity index (χ1n) is 5.47. The van der Waals surface area contributed by atoms with E-state index in [1.54, 1.807) is 6.07 Å². The number of carbonyl (C=O) groups excluding carboxylic acids is 1. The number of aryl methyl sites for hydroxylation is 1. The van der Waals surface area contributed by atoms with E-state index in [2.05, 4.69) is 11.4 Å². The minimum Gasteiger partial charge on any atom is -0.469 e. The molecule has 1 aromatic rings. The second-order valence-electron chi connectivity index (χ2n) is 3.55. The lowest BCUT2D eigenvalue weighted by atomic mass is 10.1. The first-order valence-corrected chi connectivity index (χ1v) is 5.47. The third-order valence-corrected chi connectivity index (χ3v) is 2.48. The molecule has 1 unspecified atom stereocenters. The molecule has 0 radical (unpaired) electrons. The van der Waals surface area contributed by atoms with Crippen molar-refractivity contribution in [2.24, 2.45) is 0 Å². The van der Waals surface area contributed by atoms with Gasteiger partial charge in [-0.15, -0.1) is 0 Å². The maximum Gasteiger partial charge on any atom is 0.255 e. The largest absolute Gasteiger partial charge is 0.469 e. The summed E-state index contributed by atoms with van der Waals surface area (Å²) in [7, 11) is 0. The van der Waals surface area contributed by atoms with Gasteiger partial charge in [0.15, 0.2) is 0 Å². The van der Waals surface area contributed by atoms with Gasteiger partial charge in [-0.2, -0.15) is 5.26 Å². The molecule has 0 aliphatic carbocycles. The van der Waals surface area contributed by atoms with E-state index in [9.17, 15) is 4.79 Å². The predicted molar refractivity (Wildman–Crippen MR) is 59.9 cm³/mol. The van der Waals surface area contributed by atoms with Gasteiger partial charge in [-0.1, -0.05) is 13.8 Å². The Morgan fingerprint density at radius 3 is 2.94 bits per heavy atom. The van der Waals surface area contributed by atoms with Gasteiger partial charge < -0.3 is 9.73 Å². The molecule has 1 N–H and O–H groups in total. The van der Waals surface area contributed by atoms with Crippen molar-refractivity contribution >= 4 is 5.91 Å². The van der Waals surface area contributed by atoms with Gasteiger partial charge in [-0.05, 0) is 12.5 Å². The van der Waals surface area contributed by atoms with E-state index in [-0.39, 0.29) is 11.9 Å². The molecule has 0 saturated heterocycles. The summed E-state index contributed by atoms with van der Waals surface area (Å²) in [6.45, 7) is 3.88. The zero-order valence-corrected chi connectivity index (χ0v) is 9.62. The molecule has 1 amide bonds. The Labute approximate surface area is 95.2 Å². The summed E-state index contributed by atoms with van der Waals surface area (Å²) in [4.78, 5) is 11.8. The van der Waals surface area contributed by atoms with Crippen LogP contribution in [0.25, 0.3) is 0 Å². The Morgan fingerprint density at radius 1 is 1.62 bits per heavy atom. The fourth-order valence-electron chi connectivity index (χ4n) is 1.49. The van der Waals surface area contributed by atoms with Crippen LogP contribution in [0, 0.1) is 11.3 Å². The molecule has 0 spiro atoms. The third-order valence-electron chi connectivity index (χ3n) is 2.48. The van der Waals surface area contributed by atoms with Crippen LogP contribution in [-0.4, -0.2) is 11.9 Å². The highest BCUT2D eigenvalue weighted by molar-refractivity contribution is 5.95. The van der Waals surface area contributed by atoms with E-state index in [1.165, 1.54) is 6.26 Å². The van der Waals surface area contributed by atoms with Crippen LogP contribution in [0.4, 0.5) is 0 Å². The van der Waals surface area contributed by atoms with Gasteiger partial charge in [0.2, 0.25) is 0 Å². The quantitative estimate of drug-likeness (QED) is 0.827. The zero-order valence-electron chi connectivity index (χ0n) is 9.62. The lowest BCUT2D eigenvalue weighted by Gasteiger charge is -2.13. The fraction of sp³-hybridized carbons (Fsp3) is 0.500. The molecule has 0 aromatic carbocycles. The Bertz CT molecular complexity index is 390. The van der Waals surface area contributed by atoms with Crippen molar-refractivity contribution in [3.05, 3.63) is 23.7 Å². The van der Waals surface area contributed by atoms with Crippen molar-refractivity contribution in [1.82, 2.24) is 5.32 Å². The number of hydrogen-bond acceptors (Lipinski definition) is 3. The lowest BCUT2D eigenvalue weighted by molar-refractivity contribution is 0.0934. The molecule has 0 saturated carbocycles. The lowest BCUT2D eigenvalue weighted by Crippen LogP contribution is -2.34. The minimum atomic E-state index is -0.160. The molecular weight excluding hydrogens is 204 g/mol. The van der Waals surface area contributed by atoms with Crippen LogP contribution in [0.5, 0.6) is 0 Å². The van der Waals surface area contributed by atoms with Crippen LogP contribution in [0.15, 0.2) is 16.7 Å². The SMILES string of the molecule is CCc1occc1C(=O)NC(CC)CC#N. The van der Waals surface area contributed by atoms with Gasteiger partial charge >= 0.3 is 0 Å². The molecule has 1 aromatic heterocycles. The number of rotatable bonds is 5. The summed E-state index contributed by atoms with van der Waals surface area (Å²) in [6.07, 6.45) is 3.28. The van der Waals surface area contributed by atoms with Crippen molar-refractivity contribution in [3.63, 3.8) is 0 Å². The normalized spacial score (nSPS) is 11.8. The van der Waals surface area contributed by atoms with Crippen LogP contribution >= 0.6 is 0 Å². The average Bonchev–Trinajstić information content (AvgIpc) is 2.76. The summed E-state index contributed by atoms with van der Waals surface area (Å²) >= 11 is 0. The number of furan rings is 1. The van der Waals surface area contributed by atoms with E-state index >= 15 is 0 Å².